The van der Waals surface area contributed by atoms with Crippen LogP contribution in [0.2, 0.25) is 0 Å². The maximum atomic E-state index is 13.9. The fourth-order valence-corrected chi connectivity index (χ4v) is 3.51. The van der Waals surface area contributed by atoms with Crippen molar-refractivity contribution in [2.45, 2.75) is 33.4 Å². The molecule has 34 heavy (non-hydrogen) atoms. The van der Waals surface area contributed by atoms with Gasteiger partial charge < -0.3 is 15.1 Å². The maximum absolute atomic E-state index is 13.9. The Bertz CT molecular complexity index is 1030. The largest absolute Gasteiger partial charge is 0.420 e. The Morgan fingerprint density at radius 1 is 1.09 bits per heavy atom. The van der Waals surface area contributed by atoms with E-state index < -0.39 is 29.0 Å². The van der Waals surface area contributed by atoms with Gasteiger partial charge in [-0.2, -0.15) is 13.2 Å². The third-order valence-corrected chi connectivity index (χ3v) is 5.94. The number of nitrogens with one attached hydrogen (secondary N) is 1. The van der Waals surface area contributed by atoms with Crippen molar-refractivity contribution in [3.63, 3.8) is 0 Å². The molecule has 1 aliphatic rings. The van der Waals surface area contributed by atoms with Gasteiger partial charge in [-0.15, -0.1) is 10.2 Å². The third-order valence-electron chi connectivity index (χ3n) is 5.94. The van der Waals surface area contributed by atoms with Crippen molar-refractivity contribution in [1.82, 2.24) is 20.4 Å². The van der Waals surface area contributed by atoms with E-state index in [0.717, 1.165) is 12.1 Å². The molecule has 0 saturated carbocycles. The number of anilines is 1. The van der Waals surface area contributed by atoms with Gasteiger partial charge in [-0.05, 0) is 42.5 Å². The summed E-state index contributed by atoms with van der Waals surface area (Å²) in [5.74, 6) is -1.68. The number of alkyl halides is 3. The maximum Gasteiger partial charge on any atom is 0.420 e. The smallest absolute Gasteiger partial charge is 0.350 e. The van der Waals surface area contributed by atoms with Gasteiger partial charge in [0.05, 0.1) is 12.2 Å². The first-order valence-corrected chi connectivity index (χ1v) is 11.0. The number of carbonyl (C=O) groups is 2. The highest BCUT2D eigenvalue weighted by Gasteiger charge is 2.39. The lowest BCUT2D eigenvalue weighted by Gasteiger charge is -2.36. The van der Waals surface area contributed by atoms with Crippen molar-refractivity contribution >= 4 is 17.6 Å². The van der Waals surface area contributed by atoms with Crippen molar-refractivity contribution in [3.8, 4) is 0 Å². The van der Waals surface area contributed by atoms with E-state index in [4.69, 9.17) is 0 Å². The van der Waals surface area contributed by atoms with Crippen LogP contribution in [0.1, 0.15) is 53.6 Å². The summed E-state index contributed by atoms with van der Waals surface area (Å²) < 4.78 is 53.9. The van der Waals surface area contributed by atoms with Crippen LogP contribution in [0.3, 0.4) is 0 Å². The molecule has 1 aliphatic heterocycles. The van der Waals surface area contributed by atoms with Crippen LogP contribution in [0, 0.1) is 17.7 Å². The Morgan fingerprint density at radius 2 is 1.82 bits per heavy atom. The molecule has 184 valence electrons. The molecule has 1 saturated heterocycles. The predicted molar refractivity (Wildman–Crippen MR) is 118 cm³/mol. The Kier molecular flexibility index (Phi) is 7.73. The quantitative estimate of drug-likeness (QED) is 0.632. The van der Waals surface area contributed by atoms with E-state index >= 15 is 0 Å². The number of rotatable bonds is 6. The van der Waals surface area contributed by atoms with E-state index in [9.17, 15) is 27.2 Å². The van der Waals surface area contributed by atoms with Gasteiger partial charge in [-0.25, -0.2) is 4.39 Å². The molecule has 1 unspecified atom stereocenters. The molecule has 2 aromatic rings. The lowest BCUT2D eigenvalue weighted by atomic mass is 9.98. The first-order valence-electron chi connectivity index (χ1n) is 11.0. The normalized spacial score (nSPS) is 15.4. The first kappa shape index (κ1) is 25.4. The van der Waals surface area contributed by atoms with Crippen LogP contribution >= 0.6 is 0 Å². The van der Waals surface area contributed by atoms with E-state index in [0.29, 0.717) is 43.2 Å². The standard InChI is InChI=1S/C23H27F4N5O2/c1-14(2)15(3)12-28-21(33)18-8-9-19(30-29-18)31-10-5-11-32(13-31)22(34)16-6-4-7-17(24)20(16)23(25,26)27/h4,6-9,14-15H,5,10-13H2,1-3H3,(H,28,33). The SMILES string of the molecule is CC(C)C(C)CNC(=O)c1ccc(N2CCCN(C(=O)c3cccc(F)c3C(F)(F)F)C2)nn1. The van der Waals surface area contributed by atoms with Gasteiger partial charge in [-0.1, -0.05) is 26.8 Å². The fourth-order valence-electron chi connectivity index (χ4n) is 3.51. The van der Waals surface area contributed by atoms with Gasteiger partial charge in [0, 0.05) is 19.6 Å². The lowest BCUT2D eigenvalue weighted by Crippen LogP contribution is -2.48. The minimum Gasteiger partial charge on any atom is -0.350 e. The molecule has 0 radical (unpaired) electrons. The Hall–Kier alpha value is -3.24. The molecule has 1 aromatic heterocycles. The molecule has 1 atom stereocenters. The summed E-state index contributed by atoms with van der Waals surface area (Å²) in [6.45, 7) is 7.33. The van der Waals surface area contributed by atoms with Gasteiger partial charge in [0.25, 0.3) is 11.8 Å². The van der Waals surface area contributed by atoms with Crippen LogP contribution in [0.4, 0.5) is 23.4 Å². The number of nitrogens with zero attached hydrogens (tertiary/aromatic N) is 4. The molecule has 11 heteroatoms. The van der Waals surface area contributed by atoms with Crippen LogP contribution in [0.5, 0.6) is 0 Å². The third kappa shape index (κ3) is 5.81. The van der Waals surface area contributed by atoms with Crippen LogP contribution in [0.15, 0.2) is 30.3 Å². The van der Waals surface area contributed by atoms with Crippen LogP contribution in [-0.4, -0.2) is 53.2 Å². The Balaban J connectivity index is 1.70. The number of aromatic nitrogens is 2. The van der Waals surface area contributed by atoms with E-state index in [1.807, 2.05) is 6.92 Å². The molecule has 1 N–H and O–H groups in total. The van der Waals surface area contributed by atoms with E-state index in [2.05, 4.69) is 29.4 Å². The monoisotopic (exact) mass is 481 g/mol. The number of benzene rings is 1. The second-order valence-corrected chi connectivity index (χ2v) is 8.70. The summed E-state index contributed by atoms with van der Waals surface area (Å²) in [5, 5.41) is 10.8. The zero-order valence-electron chi connectivity index (χ0n) is 19.2. The van der Waals surface area contributed by atoms with Gasteiger partial charge in [0.2, 0.25) is 0 Å². The molecular formula is C23H27F4N5O2. The van der Waals surface area contributed by atoms with Crippen LogP contribution in [0.25, 0.3) is 0 Å². The van der Waals surface area contributed by atoms with E-state index in [1.165, 1.54) is 11.0 Å². The number of hydrogen-bond donors (Lipinski definition) is 1. The highest BCUT2D eigenvalue weighted by atomic mass is 19.4. The average molecular weight is 481 g/mol. The molecule has 0 spiro atoms. The molecule has 7 nitrogen and oxygen atoms in total. The Morgan fingerprint density at radius 3 is 2.44 bits per heavy atom. The van der Waals surface area contributed by atoms with Crippen molar-refractivity contribution in [2.24, 2.45) is 11.8 Å². The van der Waals surface area contributed by atoms with Gasteiger partial charge in [0.15, 0.2) is 11.5 Å². The van der Waals surface area contributed by atoms with Crippen molar-refractivity contribution in [2.75, 3.05) is 31.2 Å². The van der Waals surface area contributed by atoms with Crippen LogP contribution in [-0.2, 0) is 6.18 Å². The second kappa shape index (κ2) is 10.4. The Labute approximate surface area is 195 Å². The number of carbonyl (C=O) groups excluding carboxylic acids is 2. The average Bonchev–Trinajstić information content (AvgIpc) is 2.81. The summed E-state index contributed by atoms with van der Waals surface area (Å²) in [6.07, 6.45) is -4.53. The topological polar surface area (TPSA) is 78.4 Å². The molecule has 2 amide bonds. The summed E-state index contributed by atoms with van der Waals surface area (Å²) >= 11 is 0. The van der Waals surface area contributed by atoms with Gasteiger partial charge >= 0.3 is 6.18 Å². The zero-order valence-corrected chi connectivity index (χ0v) is 19.2. The lowest BCUT2D eigenvalue weighted by molar-refractivity contribution is -0.140. The zero-order chi connectivity index (χ0) is 25.0. The minimum atomic E-state index is -5.00. The molecule has 0 aliphatic carbocycles. The van der Waals surface area contributed by atoms with Crippen molar-refractivity contribution in [1.29, 1.82) is 0 Å². The van der Waals surface area contributed by atoms with Gasteiger partial charge in [0.1, 0.15) is 11.4 Å². The molecule has 1 fully saturated rings. The highest BCUT2D eigenvalue weighted by molar-refractivity contribution is 5.96. The number of hydrogen-bond acceptors (Lipinski definition) is 5. The molecular weight excluding hydrogens is 454 g/mol. The van der Waals surface area contributed by atoms with Crippen molar-refractivity contribution < 1.29 is 27.2 Å². The molecule has 1 aromatic carbocycles. The predicted octanol–water partition coefficient (Wildman–Crippen LogP) is 3.97. The summed E-state index contributed by atoms with van der Waals surface area (Å²) in [5.41, 5.74) is -2.17. The molecule has 0 bridgehead atoms. The number of halogens is 4. The summed E-state index contributed by atoms with van der Waals surface area (Å²) in [7, 11) is 0. The molecule has 3 rings (SSSR count). The first-order chi connectivity index (χ1) is 16.0. The molecule has 2 heterocycles. The number of amides is 2. The fraction of sp³-hybridized carbons (Fsp3) is 0.478. The van der Waals surface area contributed by atoms with Gasteiger partial charge in [-0.3, -0.25) is 9.59 Å². The van der Waals surface area contributed by atoms with E-state index in [-0.39, 0.29) is 24.8 Å². The highest BCUT2D eigenvalue weighted by Crippen LogP contribution is 2.35. The minimum absolute atomic E-state index is 0.0429. The summed E-state index contributed by atoms with van der Waals surface area (Å²) in [6, 6.07) is 5.81. The van der Waals surface area contributed by atoms with Crippen molar-refractivity contribution in [3.05, 3.63) is 53.0 Å². The second-order valence-electron chi connectivity index (χ2n) is 8.70. The van der Waals surface area contributed by atoms with E-state index in [1.54, 1.807) is 11.0 Å². The van der Waals surface area contributed by atoms with Crippen LogP contribution < -0.4 is 10.2 Å². The summed E-state index contributed by atoms with van der Waals surface area (Å²) in [4.78, 5) is 28.0.